The van der Waals surface area contributed by atoms with Crippen LogP contribution in [0.2, 0.25) is 0 Å². The molecular formula is C19H24N2O2. The SMILES string of the molecule is CCOC(=O)c1ccc2nc(C34CCC(C)(CC3)CC4)[nH]c2c1. The molecule has 0 radical (unpaired) electrons. The fourth-order valence-corrected chi connectivity index (χ4v) is 4.33. The summed E-state index contributed by atoms with van der Waals surface area (Å²) in [5.41, 5.74) is 3.26. The molecule has 1 aromatic carbocycles. The van der Waals surface area contributed by atoms with Gasteiger partial charge in [-0.05, 0) is 69.1 Å². The Morgan fingerprint density at radius 3 is 2.57 bits per heavy atom. The molecule has 0 aliphatic heterocycles. The van der Waals surface area contributed by atoms with E-state index in [1.807, 2.05) is 19.1 Å². The molecule has 2 aromatic rings. The highest BCUT2D eigenvalue weighted by molar-refractivity contribution is 5.93. The molecule has 122 valence electrons. The molecule has 23 heavy (non-hydrogen) atoms. The number of fused-ring (bicyclic) bond motifs is 4. The van der Waals surface area contributed by atoms with Gasteiger partial charge in [0, 0.05) is 5.41 Å². The Kier molecular flexibility index (Phi) is 3.26. The number of benzene rings is 1. The van der Waals surface area contributed by atoms with Crippen LogP contribution in [-0.2, 0) is 10.2 Å². The number of hydrogen-bond acceptors (Lipinski definition) is 3. The minimum atomic E-state index is -0.269. The first-order chi connectivity index (χ1) is 11.0. The summed E-state index contributed by atoms with van der Waals surface area (Å²) in [6, 6.07) is 5.60. The molecule has 1 heterocycles. The summed E-state index contributed by atoms with van der Waals surface area (Å²) in [5, 5.41) is 0. The number of aromatic nitrogens is 2. The van der Waals surface area contributed by atoms with Crippen LogP contribution < -0.4 is 0 Å². The van der Waals surface area contributed by atoms with Gasteiger partial charge >= 0.3 is 5.97 Å². The zero-order valence-electron chi connectivity index (χ0n) is 13.9. The number of H-pyrrole nitrogens is 1. The van der Waals surface area contributed by atoms with E-state index in [0.717, 1.165) is 16.9 Å². The van der Waals surface area contributed by atoms with Crippen LogP contribution in [0.1, 0.15) is 68.6 Å². The Morgan fingerprint density at radius 1 is 1.22 bits per heavy atom. The van der Waals surface area contributed by atoms with Crippen LogP contribution in [0.15, 0.2) is 18.2 Å². The van der Waals surface area contributed by atoms with Crippen LogP contribution >= 0.6 is 0 Å². The molecule has 4 heteroatoms. The van der Waals surface area contributed by atoms with E-state index in [-0.39, 0.29) is 11.4 Å². The van der Waals surface area contributed by atoms with Gasteiger partial charge in [-0.2, -0.15) is 0 Å². The van der Waals surface area contributed by atoms with Gasteiger partial charge in [-0.25, -0.2) is 9.78 Å². The largest absolute Gasteiger partial charge is 0.462 e. The monoisotopic (exact) mass is 312 g/mol. The number of hydrogen-bond donors (Lipinski definition) is 1. The number of imidazole rings is 1. The lowest BCUT2D eigenvalue weighted by Crippen LogP contribution is -2.43. The number of carbonyl (C=O) groups excluding carboxylic acids is 1. The van der Waals surface area contributed by atoms with Crippen molar-refractivity contribution in [3.8, 4) is 0 Å². The van der Waals surface area contributed by atoms with Crippen LogP contribution in [0.5, 0.6) is 0 Å². The van der Waals surface area contributed by atoms with Crippen LogP contribution in [0, 0.1) is 5.41 Å². The van der Waals surface area contributed by atoms with Crippen molar-refractivity contribution in [1.82, 2.24) is 9.97 Å². The molecule has 0 unspecified atom stereocenters. The second-order valence-electron chi connectivity index (χ2n) is 7.63. The summed E-state index contributed by atoms with van der Waals surface area (Å²) in [7, 11) is 0. The lowest BCUT2D eigenvalue weighted by molar-refractivity contribution is 0.0513. The highest BCUT2D eigenvalue weighted by Gasteiger charge is 2.48. The Labute approximate surface area is 136 Å². The molecule has 2 bridgehead atoms. The van der Waals surface area contributed by atoms with Gasteiger partial charge < -0.3 is 9.72 Å². The standard InChI is InChI=1S/C19H24N2O2/c1-3-23-16(22)13-4-5-14-15(12-13)21-17(20-14)19-9-6-18(2,7-10-19)8-11-19/h4-5,12H,3,6-11H2,1-2H3,(H,20,21). The second kappa shape index (κ2) is 5.08. The molecular weight excluding hydrogens is 288 g/mol. The van der Waals surface area contributed by atoms with Gasteiger partial charge in [-0.15, -0.1) is 0 Å². The lowest BCUT2D eigenvalue weighted by atomic mass is 9.54. The minimum absolute atomic E-state index is 0.223. The van der Waals surface area contributed by atoms with Crippen molar-refractivity contribution < 1.29 is 9.53 Å². The van der Waals surface area contributed by atoms with E-state index in [4.69, 9.17) is 9.72 Å². The summed E-state index contributed by atoms with van der Waals surface area (Å²) in [6.45, 7) is 4.65. The molecule has 0 saturated heterocycles. The highest BCUT2D eigenvalue weighted by atomic mass is 16.5. The zero-order valence-corrected chi connectivity index (χ0v) is 13.9. The Bertz CT molecular complexity index is 737. The van der Waals surface area contributed by atoms with E-state index >= 15 is 0 Å². The maximum atomic E-state index is 11.9. The Hall–Kier alpha value is -1.84. The number of nitrogens with zero attached hydrogens (tertiary/aromatic N) is 1. The van der Waals surface area contributed by atoms with Crippen LogP contribution in [0.4, 0.5) is 0 Å². The average Bonchev–Trinajstić information content (AvgIpc) is 3.00. The van der Waals surface area contributed by atoms with Gasteiger partial charge in [0.2, 0.25) is 0 Å². The molecule has 3 aliphatic rings. The van der Waals surface area contributed by atoms with E-state index in [2.05, 4.69) is 11.9 Å². The second-order valence-corrected chi connectivity index (χ2v) is 7.63. The summed E-state index contributed by atoms with van der Waals surface area (Å²) in [5.74, 6) is 0.852. The van der Waals surface area contributed by atoms with Gasteiger partial charge in [0.1, 0.15) is 5.82 Å². The highest BCUT2D eigenvalue weighted by Crippen LogP contribution is 2.56. The lowest BCUT2D eigenvalue weighted by Gasteiger charge is -2.51. The molecule has 3 saturated carbocycles. The van der Waals surface area contributed by atoms with Crippen molar-refractivity contribution >= 4 is 17.0 Å². The topological polar surface area (TPSA) is 55.0 Å². The fraction of sp³-hybridized carbons (Fsp3) is 0.579. The van der Waals surface area contributed by atoms with Crippen molar-refractivity contribution in [3.63, 3.8) is 0 Å². The average molecular weight is 312 g/mol. The van der Waals surface area contributed by atoms with Gasteiger partial charge in [0.15, 0.2) is 0 Å². The molecule has 1 aromatic heterocycles. The molecule has 4 nitrogen and oxygen atoms in total. The number of carbonyl (C=O) groups is 1. The van der Waals surface area contributed by atoms with Crippen molar-refractivity contribution in [2.75, 3.05) is 6.61 Å². The third-order valence-corrected chi connectivity index (χ3v) is 6.12. The van der Waals surface area contributed by atoms with Crippen LogP contribution in [-0.4, -0.2) is 22.5 Å². The first kappa shape index (κ1) is 14.7. The summed E-state index contributed by atoms with van der Waals surface area (Å²) in [4.78, 5) is 20.3. The number of aromatic amines is 1. The van der Waals surface area contributed by atoms with Gasteiger partial charge in [-0.3, -0.25) is 0 Å². The molecule has 0 atom stereocenters. The molecule has 0 amide bonds. The molecule has 0 spiro atoms. The molecule has 5 rings (SSSR count). The summed E-state index contributed by atoms with van der Waals surface area (Å²) < 4.78 is 5.09. The Morgan fingerprint density at radius 2 is 1.91 bits per heavy atom. The minimum Gasteiger partial charge on any atom is -0.462 e. The smallest absolute Gasteiger partial charge is 0.338 e. The Balaban J connectivity index is 1.68. The third-order valence-electron chi connectivity index (χ3n) is 6.12. The fourth-order valence-electron chi connectivity index (χ4n) is 4.33. The number of esters is 1. The molecule has 1 N–H and O–H groups in total. The van der Waals surface area contributed by atoms with E-state index in [9.17, 15) is 4.79 Å². The van der Waals surface area contributed by atoms with Crippen molar-refractivity contribution in [2.45, 2.75) is 57.8 Å². The number of nitrogens with one attached hydrogen (secondary N) is 1. The molecule has 3 aliphatic carbocycles. The third kappa shape index (κ3) is 2.35. The maximum Gasteiger partial charge on any atom is 0.338 e. The van der Waals surface area contributed by atoms with E-state index in [0.29, 0.717) is 17.6 Å². The number of ether oxygens (including phenoxy) is 1. The van der Waals surface area contributed by atoms with Gasteiger partial charge in [0.25, 0.3) is 0 Å². The van der Waals surface area contributed by atoms with E-state index < -0.39 is 0 Å². The van der Waals surface area contributed by atoms with Gasteiger partial charge in [-0.1, -0.05) is 6.92 Å². The van der Waals surface area contributed by atoms with E-state index in [1.165, 1.54) is 38.5 Å². The summed E-state index contributed by atoms with van der Waals surface area (Å²) in [6.07, 6.45) is 7.60. The van der Waals surface area contributed by atoms with Crippen LogP contribution in [0.25, 0.3) is 11.0 Å². The van der Waals surface area contributed by atoms with Crippen molar-refractivity contribution in [2.24, 2.45) is 5.41 Å². The van der Waals surface area contributed by atoms with E-state index in [1.54, 1.807) is 6.07 Å². The quantitative estimate of drug-likeness (QED) is 0.857. The summed E-state index contributed by atoms with van der Waals surface area (Å²) >= 11 is 0. The maximum absolute atomic E-state index is 11.9. The van der Waals surface area contributed by atoms with Crippen molar-refractivity contribution in [1.29, 1.82) is 0 Å². The van der Waals surface area contributed by atoms with Crippen molar-refractivity contribution in [3.05, 3.63) is 29.6 Å². The predicted molar refractivity (Wildman–Crippen MR) is 89.5 cm³/mol. The first-order valence-electron chi connectivity index (χ1n) is 8.71. The van der Waals surface area contributed by atoms with Gasteiger partial charge in [0.05, 0.1) is 23.2 Å². The normalized spacial score (nSPS) is 29.8. The predicted octanol–water partition coefficient (Wildman–Crippen LogP) is 4.35. The molecule has 3 fully saturated rings. The van der Waals surface area contributed by atoms with Crippen LogP contribution in [0.3, 0.4) is 0 Å². The zero-order chi connectivity index (χ0) is 16.1. The number of rotatable bonds is 3. The first-order valence-corrected chi connectivity index (χ1v) is 8.71.